The highest BCUT2D eigenvalue weighted by Crippen LogP contribution is 2.29. The van der Waals surface area contributed by atoms with Crippen molar-refractivity contribution >= 4 is 17.8 Å². The molecule has 1 aromatic rings. The number of carbonyl (C=O) groups is 3. The number of rotatable bonds is 4. The zero-order valence-electron chi connectivity index (χ0n) is 15.4. The molecule has 1 aliphatic carbocycles. The van der Waals surface area contributed by atoms with Crippen LogP contribution in [0.2, 0.25) is 0 Å². The Balaban J connectivity index is 1.63. The lowest BCUT2D eigenvalue weighted by Crippen LogP contribution is -2.47. The van der Waals surface area contributed by atoms with E-state index in [9.17, 15) is 23.9 Å². The van der Waals surface area contributed by atoms with Crippen LogP contribution in [0.25, 0.3) is 0 Å². The zero-order valence-corrected chi connectivity index (χ0v) is 15.4. The minimum absolute atomic E-state index is 0.0815. The second-order valence-electron chi connectivity index (χ2n) is 7.79. The molecule has 0 aromatic heterocycles. The Bertz CT molecular complexity index is 755. The molecule has 1 saturated heterocycles. The average molecular weight is 377 g/mol. The number of nitrogens with zero attached hydrogens (tertiary/aromatic N) is 1. The molecule has 3 N–H and O–H groups in total. The summed E-state index contributed by atoms with van der Waals surface area (Å²) in [5, 5.41) is 15.4. The van der Waals surface area contributed by atoms with Crippen LogP contribution in [0.4, 0.5) is 9.18 Å². The third-order valence-corrected chi connectivity index (χ3v) is 5.43. The first-order valence-electron chi connectivity index (χ1n) is 9.03. The molecule has 0 unspecified atom stereocenters. The highest BCUT2D eigenvalue weighted by Gasteiger charge is 2.49. The molecule has 3 rings (SSSR count). The molecular formula is C19H24FN3O4. The SMILES string of the molecule is CC1(O)CCC(NC(=O)CN2C(=O)N[C@](C)(c3ccc(F)cc3)C2=O)CC1. The summed E-state index contributed by atoms with van der Waals surface area (Å²) in [4.78, 5) is 38.2. The smallest absolute Gasteiger partial charge is 0.325 e. The van der Waals surface area contributed by atoms with Gasteiger partial charge in [-0.1, -0.05) is 12.1 Å². The summed E-state index contributed by atoms with van der Waals surface area (Å²) in [6.45, 7) is 2.92. The predicted octanol–water partition coefficient (Wildman–Crippen LogP) is 1.40. The van der Waals surface area contributed by atoms with Crippen molar-refractivity contribution in [1.29, 1.82) is 0 Å². The lowest BCUT2D eigenvalue weighted by Gasteiger charge is -2.33. The highest BCUT2D eigenvalue weighted by molar-refractivity contribution is 6.09. The fourth-order valence-corrected chi connectivity index (χ4v) is 3.62. The van der Waals surface area contributed by atoms with Gasteiger partial charge >= 0.3 is 6.03 Å². The maximum atomic E-state index is 13.1. The van der Waals surface area contributed by atoms with Gasteiger partial charge in [-0.05, 0) is 57.2 Å². The summed E-state index contributed by atoms with van der Waals surface area (Å²) in [5.41, 5.74) is -1.60. The molecule has 8 heteroatoms. The van der Waals surface area contributed by atoms with E-state index in [2.05, 4.69) is 10.6 Å². The predicted molar refractivity (Wildman–Crippen MR) is 95.0 cm³/mol. The van der Waals surface area contributed by atoms with E-state index < -0.39 is 34.8 Å². The highest BCUT2D eigenvalue weighted by atomic mass is 19.1. The topological polar surface area (TPSA) is 98.7 Å². The normalized spacial score (nSPS) is 31.0. The molecule has 1 aromatic carbocycles. The van der Waals surface area contributed by atoms with Crippen molar-refractivity contribution in [2.24, 2.45) is 0 Å². The molecule has 0 spiro atoms. The fourth-order valence-electron chi connectivity index (χ4n) is 3.62. The third kappa shape index (κ3) is 3.95. The van der Waals surface area contributed by atoms with Crippen LogP contribution in [-0.2, 0) is 15.1 Å². The van der Waals surface area contributed by atoms with Gasteiger partial charge < -0.3 is 15.7 Å². The Morgan fingerprint density at radius 2 is 1.85 bits per heavy atom. The molecule has 2 fully saturated rings. The number of nitrogens with one attached hydrogen (secondary N) is 2. The minimum Gasteiger partial charge on any atom is -0.390 e. The maximum Gasteiger partial charge on any atom is 0.325 e. The van der Waals surface area contributed by atoms with Crippen molar-refractivity contribution in [2.45, 2.75) is 56.7 Å². The van der Waals surface area contributed by atoms with Crippen molar-refractivity contribution in [3.63, 3.8) is 0 Å². The lowest BCUT2D eigenvalue weighted by molar-refractivity contribution is -0.135. The van der Waals surface area contributed by atoms with E-state index in [1.807, 2.05) is 0 Å². The quantitative estimate of drug-likeness (QED) is 0.691. The summed E-state index contributed by atoms with van der Waals surface area (Å²) >= 11 is 0. The van der Waals surface area contributed by atoms with E-state index in [-0.39, 0.29) is 12.6 Å². The van der Waals surface area contributed by atoms with Crippen molar-refractivity contribution in [3.8, 4) is 0 Å². The lowest BCUT2D eigenvalue weighted by atomic mass is 9.83. The Morgan fingerprint density at radius 1 is 1.26 bits per heavy atom. The molecule has 27 heavy (non-hydrogen) atoms. The molecule has 4 amide bonds. The van der Waals surface area contributed by atoms with Crippen LogP contribution in [0, 0.1) is 5.82 Å². The Labute approximate surface area is 156 Å². The Morgan fingerprint density at radius 3 is 2.44 bits per heavy atom. The molecule has 1 saturated carbocycles. The number of imide groups is 1. The van der Waals surface area contributed by atoms with Gasteiger partial charge in [0.05, 0.1) is 5.60 Å². The van der Waals surface area contributed by atoms with Crippen molar-refractivity contribution in [1.82, 2.24) is 15.5 Å². The van der Waals surface area contributed by atoms with Crippen LogP contribution in [-0.4, -0.2) is 46.0 Å². The van der Waals surface area contributed by atoms with Gasteiger partial charge in [0.25, 0.3) is 5.91 Å². The first kappa shape index (κ1) is 19.3. The van der Waals surface area contributed by atoms with E-state index in [1.54, 1.807) is 6.92 Å². The zero-order chi connectivity index (χ0) is 19.8. The number of hydrogen-bond donors (Lipinski definition) is 3. The second kappa shape index (κ2) is 6.92. The second-order valence-corrected chi connectivity index (χ2v) is 7.79. The van der Waals surface area contributed by atoms with Crippen molar-refractivity contribution in [3.05, 3.63) is 35.6 Å². The van der Waals surface area contributed by atoms with E-state index in [0.29, 0.717) is 31.2 Å². The first-order chi connectivity index (χ1) is 12.6. The van der Waals surface area contributed by atoms with Gasteiger partial charge in [-0.15, -0.1) is 0 Å². The van der Waals surface area contributed by atoms with Gasteiger partial charge in [-0.2, -0.15) is 0 Å². The average Bonchev–Trinajstić information content (AvgIpc) is 2.81. The van der Waals surface area contributed by atoms with E-state index in [0.717, 1.165) is 4.90 Å². The maximum absolute atomic E-state index is 13.1. The number of aliphatic hydroxyl groups is 1. The monoisotopic (exact) mass is 377 g/mol. The van der Waals surface area contributed by atoms with Gasteiger partial charge in [0, 0.05) is 6.04 Å². The summed E-state index contributed by atoms with van der Waals surface area (Å²) in [7, 11) is 0. The molecule has 7 nitrogen and oxygen atoms in total. The standard InChI is InChI=1S/C19H24FN3O4/c1-18(27)9-7-14(8-10-18)21-15(24)11-23-16(25)19(2,22-17(23)26)12-3-5-13(20)6-4-12/h3-6,14,27H,7-11H2,1-2H3,(H,21,24)(H,22,26)/t14?,18?,19-/m1/s1. The molecule has 0 bridgehead atoms. The molecule has 146 valence electrons. The molecular weight excluding hydrogens is 353 g/mol. The fraction of sp³-hybridized carbons (Fsp3) is 0.526. The summed E-state index contributed by atoms with van der Waals surface area (Å²) < 4.78 is 13.1. The van der Waals surface area contributed by atoms with Crippen LogP contribution in [0.3, 0.4) is 0 Å². The Hall–Kier alpha value is -2.48. The first-order valence-corrected chi connectivity index (χ1v) is 9.03. The summed E-state index contributed by atoms with van der Waals surface area (Å²) in [5.74, 6) is -1.42. The number of benzene rings is 1. The molecule has 1 heterocycles. The van der Waals surface area contributed by atoms with Gasteiger partial charge in [0.1, 0.15) is 17.9 Å². The van der Waals surface area contributed by atoms with Crippen LogP contribution >= 0.6 is 0 Å². The van der Waals surface area contributed by atoms with E-state index >= 15 is 0 Å². The van der Waals surface area contributed by atoms with Gasteiger partial charge in [0.15, 0.2) is 0 Å². The third-order valence-electron chi connectivity index (χ3n) is 5.43. The van der Waals surface area contributed by atoms with Gasteiger partial charge in [-0.25, -0.2) is 9.18 Å². The van der Waals surface area contributed by atoms with Crippen molar-refractivity contribution < 1.29 is 23.9 Å². The molecule has 1 aliphatic heterocycles. The van der Waals surface area contributed by atoms with E-state index in [4.69, 9.17) is 0 Å². The summed E-state index contributed by atoms with van der Waals surface area (Å²) in [6.07, 6.45) is 2.46. The largest absolute Gasteiger partial charge is 0.390 e. The van der Waals surface area contributed by atoms with E-state index in [1.165, 1.54) is 31.2 Å². The Kier molecular flexibility index (Phi) is 4.94. The molecule has 0 radical (unpaired) electrons. The summed E-state index contributed by atoms with van der Waals surface area (Å²) in [6, 6.07) is 4.56. The van der Waals surface area contributed by atoms with Crippen LogP contribution < -0.4 is 10.6 Å². The number of halogens is 1. The molecule has 2 aliphatic rings. The van der Waals surface area contributed by atoms with Gasteiger partial charge in [0.2, 0.25) is 5.91 Å². The van der Waals surface area contributed by atoms with Crippen LogP contribution in [0.15, 0.2) is 24.3 Å². The number of urea groups is 1. The molecule has 1 atom stereocenters. The van der Waals surface area contributed by atoms with Crippen LogP contribution in [0.5, 0.6) is 0 Å². The number of hydrogen-bond acceptors (Lipinski definition) is 4. The number of carbonyl (C=O) groups excluding carboxylic acids is 3. The van der Waals surface area contributed by atoms with Gasteiger partial charge in [-0.3, -0.25) is 14.5 Å². The van der Waals surface area contributed by atoms with Crippen molar-refractivity contribution in [2.75, 3.05) is 6.54 Å². The minimum atomic E-state index is -1.34. The number of amides is 4. The van der Waals surface area contributed by atoms with Crippen LogP contribution in [0.1, 0.15) is 45.1 Å².